The molecule has 0 radical (unpaired) electrons. The molecule has 1 unspecified atom stereocenters. The Kier molecular flexibility index (Phi) is 5.97. The minimum atomic E-state index is -0.194. The molecule has 2 aromatic rings. The number of hydrogen-bond donors (Lipinski definition) is 1. The van der Waals surface area contributed by atoms with E-state index in [0.717, 1.165) is 33.0 Å². The van der Waals surface area contributed by atoms with Crippen LogP contribution < -0.4 is 5.32 Å². The lowest BCUT2D eigenvalue weighted by molar-refractivity contribution is 0.545. The molecule has 2 rings (SSSR count). The van der Waals surface area contributed by atoms with Crippen LogP contribution in [0, 0.1) is 12.7 Å². The maximum absolute atomic E-state index is 14.3. The zero-order valence-corrected chi connectivity index (χ0v) is 15.3. The maximum Gasteiger partial charge on any atom is 0.128 e. The second-order valence-electron chi connectivity index (χ2n) is 5.03. The Bertz CT molecular complexity index is 626. The van der Waals surface area contributed by atoms with Gasteiger partial charge in [-0.15, -0.1) is 0 Å². The largest absolute Gasteiger partial charge is 0.306 e. The average molecular weight is 415 g/mol. The van der Waals surface area contributed by atoms with Gasteiger partial charge in [0.05, 0.1) is 6.04 Å². The first kappa shape index (κ1) is 16.7. The van der Waals surface area contributed by atoms with Crippen molar-refractivity contribution in [1.29, 1.82) is 0 Å². The van der Waals surface area contributed by atoms with E-state index in [-0.39, 0.29) is 11.9 Å². The lowest BCUT2D eigenvalue weighted by Crippen LogP contribution is -2.24. The molecule has 0 aliphatic rings. The van der Waals surface area contributed by atoms with Gasteiger partial charge in [-0.1, -0.05) is 57.0 Å². The van der Waals surface area contributed by atoms with Gasteiger partial charge >= 0.3 is 0 Å². The van der Waals surface area contributed by atoms with Crippen molar-refractivity contribution >= 4 is 31.9 Å². The van der Waals surface area contributed by atoms with Gasteiger partial charge in [-0.3, -0.25) is 0 Å². The molecule has 21 heavy (non-hydrogen) atoms. The summed E-state index contributed by atoms with van der Waals surface area (Å²) < 4.78 is 16.2. The third-order valence-corrected chi connectivity index (χ3v) is 4.98. The molecule has 2 aromatic carbocycles. The number of aryl methyl sites for hydroxylation is 1. The third-order valence-electron chi connectivity index (χ3n) is 3.40. The van der Waals surface area contributed by atoms with Gasteiger partial charge in [0.25, 0.3) is 0 Å². The van der Waals surface area contributed by atoms with Crippen molar-refractivity contribution in [2.24, 2.45) is 0 Å². The predicted octanol–water partition coefficient (Wildman–Crippen LogP) is 5.75. The molecule has 0 heterocycles. The lowest BCUT2D eigenvalue weighted by Gasteiger charge is -2.22. The van der Waals surface area contributed by atoms with Crippen molar-refractivity contribution in [2.75, 3.05) is 6.54 Å². The van der Waals surface area contributed by atoms with Crippen molar-refractivity contribution in [2.45, 2.75) is 26.3 Å². The Labute approximate surface area is 142 Å². The summed E-state index contributed by atoms with van der Waals surface area (Å²) in [6.07, 6.45) is 0.996. The van der Waals surface area contributed by atoms with Crippen molar-refractivity contribution in [3.63, 3.8) is 0 Å². The van der Waals surface area contributed by atoms with Crippen LogP contribution in [0.3, 0.4) is 0 Å². The van der Waals surface area contributed by atoms with E-state index in [0.29, 0.717) is 5.56 Å². The van der Waals surface area contributed by atoms with Gasteiger partial charge in [0, 0.05) is 14.5 Å². The second-order valence-corrected chi connectivity index (χ2v) is 6.74. The van der Waals surface area contributed by atoms with E-state index in [4.69, 9.17) is 0 Å². The normalized spacial score (nSPS) is 12.4. The van der Waals surface area contributed by atoms with Gasteiger partial charge in [0.1, 0.15) is 5.82 Å². The molecule has 0 spiro atoms. The number of rotatable bonds is 5. The summed E-state index contributed by atoms with van der Waals surface area (Å²) in [5.74, 6) is -0.194. The number of nitrogens with one attached hydrogen (secondary N) is 1. The summed E-state index contributed by atoms with van der Waals surface area (Å²) in [4.78, 5) is 0. The van der Waals surface area contributed by atoms with Crippen LogP contribution >= 0.6 is 31.9 Å². The second kappa shape index (κ2) is 7.52. The van der Waals surface area contributed by atoms with Crippen LogP contribution in [0.4, 0.5) is 4.39 Å². The Morgan fingerprint density at radius 3 is 2.62 bits per heavy atom. The molecule has 0 saturated carbocycles. The summed E-state index contributed by atoms with van der Waals surface area (Å²) >= 11 is 7.07. The van der Waals surface area contributed by atoms with Crippen LogP contribution in [0.15, 0.2) is 45.3 Å². The van der Waals surface area contributed by atoms with Crippen molar-refractivity contribution < 1.29 is 4.39 Å². The highest BCUT2D eigenvalue weighted by Gasteiger charge is 2.20. The van der Waals surface area contributed by atoms with Gasteiger partial charge in [0.15, 0.2) is 0 Å². The topological polar surface area (TPSA) is 12.0 Å². The Morgan fingerprint density at radius 2 is 1.90 bits per heavy atom. The molecule has 1 atom stereocenters. The van der Waals surface area contributed by atoms with E-state index < -0.39 is 0 Å². The van der Waals surface area contributed by atoms with Crippen molar-refractivity contribution in [3.8, 4) is 0 Å². The van der Waals surface area contributed by atoms with Gasteiger partial charge < -0.3 is 5.32 Å². The molecule has 0 bridgehead atoms. The summed E-state index contributed by atoms with van der Waals surface area (Å²) in [6, 6.07) is 11.0. The SMILES string of the molecule is CCCNC(c1cc(Br)ccc1F)c1cccc(C)c1Br. The van der Waals surface area contributed by atoms with Crippen molar-refractivity contribution in [1.82, 2.24) is 5.32 Å². The van der Waals surface area contributed by atoms with E-state index in [1.165, 1.54) is 6.07 Å². The van der Waals surface area contributed by atoms with E-state index in [2.05, 4.69) is 44.1 Å². The minimum Gasteiger partial charge on any atom is -0.306 e. The van der Waals surface area contributed by atoms with Crippen molar-refractivity contribution in [3.05, 3.63) is 67.9 Å². The quantitative estimate of drug-likeness (QED) is 0.656. The molecule has 0 amide bonds. The van der Waals surface area contributed by atoms with Crippen LogP contribution in [0.25, 0.3) is 0 Å². The first-order valence-electron chi connectivity index (χ1n) is 6.98. The molecule has 0 aromatic heterocycles. The van der Waals surface area contributed by atoms with E-state index in [1.54, 1.807) is 6.07 Å². The van der Waals surface area contributed by atoms with E-state index >= 15 is 0 Å². The standard InChI is InChI=1S/C17H18Br2FN/c1-3-9-21-17(13-6-4-5-11(2)16(13)19)14-10-12(18)7-8-15(14)20/h4-8,10,17,21H,3,9H2,1-2H3. The monoisotopic (exact) mass is 413 g/mol. The molecular formula is C17H18Br2FN. The molecule has 1 nitrogen and oxygen atoms in total. The predicted molar refractivity (Wildman–Crippen MR) is 93.1 cm³/mol. The summed E-state index contributed by atoms with van der Waals surface area (Å²) in [6.45, 7) is 4.98. The number of hydrogen-bond acceptors (Lipinski definition) is 1. The van der Waals surface area contributed by atoms with E-state index in [1.807, 2.05) is 31.2 Å². The fraction of sp³-hybridized carbons (Fsp3) is 0.294. The molecule has 1 N–H and O–H groups in total. The minimum absolute atomic E-state index is 0.170. The first-order chi connectivity index (χ1) is 10.0. The van der Waals surface area contributed by atoms with Crippen LogP contribution in [-0.2, 0) is 0 Å². The average Bonchev–Trinajstić information content (AvgIpc) is 2.47. The Hall–Kier alpha value is -0.710. The van der Waals surface area contributed by atoms with Crippen LogP contribution in [-0.4, -0.2) is 6.54 Å². The smallest absolute Gasteiger partial charge is 0.128 e. The Balaban J connectivity index is 2.52. The molecule has 0 aliphatic carbocycles. The third kappa shape index (κ3) is 3.93. The first-order valence-corrected chi connectivity index (χ1v) is 8.56. The highest BCUT2D eigenvalue weighted by atomic mass is 79.9. The van der Waals surface area contributed by atoms with Gasteiger partial charge in [0.2, 0.25) is 0 Å². The molecule has 112 valence electrons. The molecule has 0 aliphatic heterocycles. The number of halogens is 3. The molecule has 0 fully saturated rings. The van der Waals surface area contributed by atoms with Gasteiger partial charge in [-0.05, 0) is 49.2 Å². The lowest BCUT2D eigenvalue weighted by atomic mass is 9.96. The number of benzene rings is 2. The zero-order valence-electron chi connectivity index (χ0n) is 12.1. The van der Waals surface area contributed by atoms with E-state index in [9.17, 15) is 4.39 Å². The van der Waals surface area contributed by atoms with Gasteiger partial charge in [-0.2, -0.15) is 0 Å². The maximum atomic E-state index is 14.3. The highest BCUT2D eigenvalue weighted by molar-refractivity contribution is 9.10. The fourth-order valence-corrected chi connectivity index (χ4v) is 3.18. The van der Waals surface area contributed by atoms with Crippen LogP contribution in [0.1, 0.15) is 36.1 Å². The highest BCUT2D eigenvalue weighted by Crippen LogP contribution is 2.33. The molecule has 4 heteroatoms. The fourth-order valence-electron chi connectivity index (χ4n) is 2.31. The summed E-state index contributed by atoms with van der Waals surface area (Å²) in [7, 11) is 0. The Morgan fingerprint density at radius 1 is 1.14 bits per heavy atom. The van der Waals surface area contributed by atoms with Crippen LogP contribution in [0.5, 0.6) is 0 Å². The zero-order chi connectivity index (χ0) is 15.4. The summed E-state index contributed by atoms with van der Waals surface area (Å²) in [5.41, 5.74) is 2.86. The molecular weight excluding hydrogens is 397 g/mol. The molecule has 0 saturated heterocycles. The van der Waals surface area contributed by atoms with Gasteiger partial charge in [-0.25, -0.2) is 4.39 Å². The summed E-state index contributed by atoms with van der Waals surface area (Å²) in [5, 5.41) is 3.45. The van der Waals surface area contributed by atoms with Crippen LogP contribution in [0.2, 0.25) is 0 Å².